The van der Waals surface area contributed by atoms with Crippen LogP contribution in [0.3, 0.4) is 0 Å². The normalized spacial score (nSPS) is 54.6. The first-order valence-electron chi connectivity index (χ1n) is 17.3. The van der Waals surface area contributed by atoms with Crippen molar-refractivity contribution in [3.8, 4) is 0 Å². The second-order valence-corrected chi connectivity index (χ2v) is 15.7. The molecular formula is C34H50O13. The lowest BCUT2D eigenvalue weighted by atomic mass is 9.41. The topological polar surface area (TPSA) is 202 Å². The van der Waals surface area contributed by atoms with Gasteiger partial charge >= 0.3 is 5.97 Å². The fourth-order valence-corrected chi connectivity index (χ4v) is 11.0. The summed E-state index contributed by atoms with van der Waals surface area (Å²) >= 11 is 0. The van der Waals surface area contributed by atoms with E-state index in [9.17, 15) is 40.2 Å². The number of aldehydes is 1. The van der Waals surface area contributed by atoms with Crippen molar-refractivity contribution in [2.24, 2.45) is 28.6 Å². The van der Waals surface area contributed by atoms with E-state index in [0.29, 0.717) is 44.9 Å². The Balaban J connectivity index is 1.01. The molecule has 0 spiro atoms. The molecule has 0 aromatic carbocycles. The monoisotopic (exact) mass is 666 g/mol. The Morgan fingerprint density at radius 2 is 1.70 bits per heavy atom. The molecule has 7 aliphatic rings. The highest BCUT2D eigenvalue weighted by Crippen LogP contribution is 2.70. The Morgan fingerprint density at radius 1 is 0.936 bits per heavy atom. The van der Waals surface area contributed by atoms with Gasteiger partial charge in [-0.25, -0.2) is 4.79 Å². The van der Waals surface area contributed by atoms with Gasteiger partial charge in [-0.05, 0) is 81.6 Å². The van der Waals surface area contributed by atoms with E-state index in [1.165, 1.54) is 0 Å². The number of hydrogen-bond donors (Lipinski definition) is 6. The largest absolute Gasteiger partial charge is 0.458 e. The summed E-state index contributed by atoms with van der Waals surface area (Å²) in [6.45, 7) is 3.86. The number of ether oxygens (including phenoxy) is 5. The second-order valence-electron chi connectivity index (χ2n) is 15.7. The molecule has 4 saturated carbocycles. The molecule has 2 unspecified atom stereocenters. The molecule has 0 radical (unpaired) electrons. The third-order valence-corrected chi connectivity index (χ3v) is 13.6. The molecule has 7 rings (SSSR count). The predicted molar refractivity (Wildman–Crippen MR) is 160 cm³/mol. The molecule has 0 bridgehead atoms. The highest BCUT2D eigenvalue weighted by atomic mass is 16.7. The van der Waals surface area contributed by atoms with Gasteiger partial charge in [-0.1, -0.05) is 6.92 Å². The van der Waals surface area contributed by atoms with Gasteiger partial charge in [0.05, 0.1) is 41.5 Å². The Hall–Kier alpha value is -1.52. The lowest BCUT2D eigenvalue weighted by Gasteiger charge is -2.65. The molecule has 6 fully saturated rings. The van der Waals surface area contributed by atoms with E-state index in [2.05, 4.69) is 6.92 Å². The molecule has 6 N–H and O–H groups in total. The number of aliphatic hydroxyl groups excluding tert-OH is 4. The Morgan fingerprint density at radius 3 is 2.40 bits per heavy atom. The van der Waals surface area contributed by atoms with Crippen LogP contribution in [0.4, 0.5) is 0 Å². The van der Waals surface area contributed by atoms with E-state index in [-0.39, 0.29) is 49.8 Å². The number of carbonyl (C=O) groups is 2. The first-order chi connectivity index (χ1) is 22.2. The fourth-order valence-electron chi connectivity index (χ4n) is 11.0. The van der Waals surface area contributed by atoms with Gasteiger partial charge in [0, 0.05) is 24.3 Å². The summed E-state index contributed by atoms with van der Waals surface area (Å²) in [6.07, 6.45) is -1.89. The molecule has 0 aromatic heterocycles. The number of esters is 1. The van der Waals surface area contributed by atoms with Crippen LogP contribution in [0.5, 0.6) is 0 Å². The van der Waals surface area contributed by atoms with Crippen molar-refractivity contribution >= 4 is 12.3 Å². The molecule has 0 amide bonds. The summed E-state index contributed by atoms with van der Waals surface area (Å²) in [7, 11) is 0. The van der Waals surface area contributed by atoms with Crippen LogP contribution in [-0.4, -0.2) is 123 Å². The van der Waals surface area contributed by atoms with Crippen LogP contribution in [0.2, 0.25) is 0 Å². The van der Waals surface area contributed by atoms with E-state index in [1.807, 2.05) is 0 Å². The van der Waals surface area contributed by atoms with Gasteiger partial charge in [0.25, 0.3) is 0 Å². The van der Waals surface area contributed by atoms with Gasteiger partial charge in [0.1, 0.15) is 37.3 Å². The van der Waals surface area contributed by atoms with E-state index < -0.39 is 77.3 Å². The van der Waals surface area contributed by atoms with Crippen molar-refractivity contribution in [1.82, 2.24) is 0 Å². The van der Waals surface area contributed by atoms with E-state index in [0.717, 1.165) is 18.3 Å². The summed E-state index contributed by atoms with van der Waals surface area (Å²) in [4.78, 5) is 25.0. The average molecular weight is 667 g/mol. The van der Waals surface area contributed by atoms with Crippen LogP contribution >= 0.6 is 0 Å². The maximum atomic E-state index is 13.1. The quantitative estimate of drug-likeness (QED) is 0.128. The Labute approximate surface area is 274 Å². The maximum Gasteiger partial charge on any atom is 0.331 e. The number of fused-ring (bicyclic) bond motifs is 5. The SMILES string of the molecule is C[C@H]1O[C@@H](O[C@H]2CC[C@]3(C=O)[C@H]4CC[C@]5(C)[C@@H](C6=CC(=O)OC6)CC[C@]5(O)[C@@H]4CC[C@]3(O)C2)C[C@H](O)C1OC1OC[C@@H](O)[C@H](O)[C@H]1O. The Bertz CT molecular complexity index is 1250. The van der Waals surface area contributed by atoms with Crippen LogP contribution in [0.15, 0.2) is 11.6 Å². The van der Waals surface area contributed by atoms with E-state index in [4.69, 9.17) is 23.7 Å². The van der Waals surface area contributed by atoms with Crippen molar-refractivity contribution in [3.63, 3.8) is 0 Å². The van der Waals surface area contributed by atoms with E-state index >= 15 is 0 Å². The number of cyclic esters (lactones) is 1. The fraction of sp³-hybridized carbons (Fsp3) is 0.882. The molecule has 47 heavy (non-hydrogen) atoms. The lowest BCUT2D eigenvalue weighted by Crippen LogP contribution is -2.69. The molecule has 16 atom stereocenters. The van der Waals surface area contributed by atoms with Crippen molar-refractivity contribution in [2.75, 3.05) is 13.2 Å². The predicted octanol–water partition coefficient (Wildman–Crippen LogP) is 0.243. The highest BCUT2D eigenvalue weighted by molar-refractivity contribution is 5.85. The zero-order valence-electron chi connectivity index (χ0n) is 27.1. The zero-order chi connectivity index (χ0) is 33.5. The van der Waals surface area contributed by atoms with Crippen molar-refractivity contribution in [1.29, 1.82) is 0 Å². The number of carbonyl (C=O) groups excluding carboxylic acids is 2. The summed E-state index contributed by atoms with van der Waals surface area (Å²) in [5.74, 6) is -0.635. The van der Waals surface area contributed by atoms with E-state index in [1.54, 1.807) is 13.0 Å². The van der Waals surface area contributed by atoms with Gasteiger partial charge in [0.15, 0.2) is 12.6 Å². The summed E-state index contributed by atoms with van der Waals surface area (Å²) < 4.78 is 28.7. The minimum Gasteiger partial charge on any atom is -0.458 e. The molecule has 0 aromatic rings. The molecular weight excluding hydrogens is 616 g/mol. The summed E-state index contributed by atoms with van der Waals surface area (Å²) in [5, 5.41) is 65.7. The molecule has 3 aliphatic heterocycles. The van der Waals surface area contributed by atoms with Crippen LogP contribution in [0, 0.1) is 28.6 Å². The van der Waals surface area contributed by atoms with Gasteiger partial charge in [-0.2, -0.15) is 0 Å². The minimum atomic E-state index is -1.50. The molecule has 264 valence electrons. The van der Waals surface area contributed by atoms with Crippen LogP contribution in [-0.2, 0) is 33.3 Å². The zero-order valence-corrected chi connectivity index (χ0v) is 27.1. The Kier molecular flexibility index (Phi) is 8.72. The van der Waals surface area contributed by atoms with Crippen molar-refractivity contribution in [3.05, 3.63) is 11.6 Å². The first-order valence-corrected chi connectivity index (χ1v) is 17.3. The number of hydrogen-bond acceptors (Lipinski definition) is 13. The molecule has 13 heteroatoms. The first kappa shape index (κ1) is 34.0. The standard InChI is InChI=1S/C34H50O13/c1-17-29(47-30-28(40)27(39)24(37)15-44-30)23(36)12-26(45-17)46-19-3-8-32(16-35)21-4-7-31(2)20(18-11-25(38)43-14-18)6-10-34(31,42)22(21)5-9-33(32,41)13-19/h11,16-17,19-24,26-30,36-37,39-42H,3-10,12-15H2,1-2H3/t17-,19+,20-,21+,22-,23+,24-,26+,27+,28-,29?,30?,31-,32+,33+,34+/m1/s1. The van der Waals surface area contributed by atoms with Gasteiger partial charge in [-0.15, -0.1) is 0 Å². The van der Waals surface area contributed by atoms with Gasteiger partial charge < -0.3 is 59.1 Å². The third kappa shape index (κ3) is 5.18. The number of aliphatic hydroxyl groups is 6. The molecule has 13 nitrogen and oxygen atoms in total. The number of rotatable bonds is 6. The van der Waals surface area contributed by atoms with Crippen molar-refractivity contribution in [2.45, 2.75) is 145 Å². The average Bonchev–Trinajstić information content (AvgIpc) is 3.57. The third-order valence-electron chi connectivity index (χ3n) is 13.6. The molecule has 4 aliphatic carbocycles. The smallest absolute Gasteiger partial charge is 0.331 e. The lowest BCUT2D eigenvalue weighted by molar-refractivity contribution is -0.331. The second kappa shape index (κ2) is 12.1. The summed E-state index contributed by atoms with van der Waals surface area (Å²) in [5.41, 5.74) is -2.86. The summed E-state index contributed by atoms with van der Waals surface area (Å²) in [6, 6.07) is 0. The van der Waals surface area contributed by atoms with Gasteiger partial charge in [0.2, 0.25) is 0 Å². The van der Waals surface area contributed by atoms with Crippen molar-refractivity contribution < 1.29 is 63.9 Å². The van der Waals surface area contributed by atoms with Crippen LogP contribution in [0.1, 0.15) is 78.1 Å². The maximum absolute atomic E-state index is 13.1. The molecule has 3 heterocycles. The highest BCUT2D eigenvalue weighted by Gasteiger charge is 2.71. The van der Waals surface area contributed by atoms with Crippen LogP contribution < -0.4 is 0 Å². The molecule has 2 saturated heterocycles. The minimum absolute atomic E-state index is 0.0370. The van der Waals surface area contributed by atoms with Gasteiger partial charge in [-0.3, -0.25) is 0 Å². The van der Waals surface area contributed by atoms with Crippen LogP contribution in [0.25, 0.3) is 0 Å².